The Bertz CT molecular complexity index is 110. The zero-order valence-corrected chi connectivity index (χ0v) is 5.80. The van der Waals surface area contributed by atoms with Crippen molar-refractivity contribution in [2.75, 3.05) is 7.11 Å². The van der Waals surface area contributed by atoms with Gasteiger partial charge in [-0.15, -0.1) is 0 Å². The van der Waals surface area contributed by atoms with Crippen LogP contribution in [0.25, 0.3) is 0 Å². The van der Waals surface area contributed by atoms with Crippen LogP contribution in [0.4, 0.5) is 22.0 Å². The molecule has 62 valence electrons. The van der Waals surface area contributed by atoms with Gasteiger partial charge in [-0.25, -0.2) is 0 Å². The van der Waals surface area contributed by atoms with Gasteiger partial charge in [0.25, 0.3) is 0 Å². The Morgan fingerprint density at radius 3 is 1.60 bits per heavy atom. The van der Waals surface area contributed by atoms with Crippen LogP contribution < -0.4 is 0 Å². The van der Waals surface area contributed by atoms with Crippen LogP contribution >= 0.6 is 8.81 Å². The lowest BCUT2D eigenvalue weighted by atomic mass is 10.7. The molecule has 1 unspecified atom stereocenters. The van der Waals surface area contributed by atoms with Gasteiger partial charge < -0.3 is 4.52 Å². The number of rotatable bonds is 2. The molecule has 0 saturated carbocycles. The zero-order valence-electron chi connectivity index (χ0n) is 4.80. The van der Waals surface area contributed by atoms with Gasteiger partial charge in [0.2, 0.25) is 0 Å². The first-order valence-corrected chi connectivity index (χ1v) is 2.97. The first kappa shape index (κ1) is 10.0. The molecule has 0 aromatic heterocycles. The summed E-state index contributed by atoms with van der Waals surface area (Å²) in [6, 6.07) is 0. The van der Waals surface area contributed by atoms with Gasteiger partial charge in [-0.1, -0.05) is 0 Å². The van der Waals surface area contributed by atoms with Crippen molar-refractivity contribution < 1.29 is 26.5 Å². The van der Waals surface area contributed by atoms with Crippen molar-refractivity contribution in [2.45, 2.75) is 11.8 Å². The number of hydrogen-bond donors (Lipinski definition) is 0. The number of alkyl halides is 5. The lowest BCUT2D eigenvalue weighted by Crippen LogP contribution is -2.31. The van der Waals surface area contributed by atoms with Crippen molar-refractivity contribution in [2.24, 2.45) is 0 Å². The minimum absolute atomic E-state index is 0.790. The van der Waals surface area contributed by atoms with Gasteiger partial charge in [0.1, 0.15) is 0 Å². The van der Waals surface area contributed by atoms with Gasteiger partial charge in [-0.2, -0.15) is 22.0 Å². The summed E-state index contributed by atoms with van der Waals surface area (Å²) in [4.78, 5) is 0. The summed E-state index contributed by atoms with van der Waals surface area (Å²) < 4.78 is 60.7. The summed E-state index contributed by atoms with van der Waals surface area (Å²) in [6.07, 6.45) is -5.50. The topological polar surface area (TPSA) is 9.23 Å². The van der Waals surface area contributed by atoms with Crippen molar-refractivity contribution >= 4 is 8.81 Å². The molecule has 0 heterocycles. The molecule has 0 aliphatic rings. The average molecular weight is 182 g/mol. The highest BCUT2D eigenvalue weighted by Gasteiger charge is 2.57. The third-order valence-corrected chi connectivity index (χ3v) is 1.33. The Morgan fingerprint density at radius 2 is 1.50 bits per heavy atom. The maximum Gasteiger partial charge on any atom is 0.459 e. The maximum atomic E-state index is 11.7. The van der Waals surface area contributed by atoms with E-state index in [9.17, 15) is 22.0 Å². The van der Waals surface area contributed by atoms with Gasteiger partial charge >= 0.3 is 11.8 Å². The highest BCUT2D eigenvalue weighted by atomic mass is 31.1. The molecule has 0 radical (unpaired) electrons. The molecule has 0 spiro atoms. The molecule has 0 fully saturated rings. The fourth-order valence-corrected chi connectivity index (χ4v) is 0.558. The molecule has 0 amide bonds. The predicted molar refractivity (Wildman–Crippen MR) is 26.3 cm³/mol. The maximum absolute atomic E-state index is 11.7. The summed E-state index contributed by atoms with van der Waals surface area (Å²) in [5.74, 6) is 0. The van der Waals surface area contributed by atoms with Gasteiger partial charge in [0.05, 0.1) is 8.81 Å². The Labute approximate surface area is 55.4 Å². The fourth-order valence-electron chi connectivity index (χ4n) is 0.186. The van der Waals surface area contributed by atoms with Crippen LogP contribution in [-0.2, 0) is 4.52 Å². The van der Waals surface area contributed by atoms with E-state index in [0.717, 1.165) is 7.11 Å². The van der Waals surface area contributed by atoms with Crippen LogP contribution in [0, 0.1) is 0 Å². The molecular weight excluding hydrogens is 178 g/mol. The summed E-state index contributed by atoms with van der Waals surface area (Å²) in [6.45, 7) is 0. The Morgan fingerprint density at radius 1 is 1.10 bits per heavy atom. The van der Waals surface area contributed by atoms with E-state index in [1.165, 1.54) is 0 Å². The van der Waals surface area contributed by atoms with E-state index in [4.69, 9.17) is 0 Å². The van der Waals surface area contributed by atoms with Crippen molar-refractivity contribution in [1.82, 2.24) is 0 Å². The summed E-state index contributed by atoms with van der Waals surface area (Å²) >= 11 is 0. The van der Waals surface area contributed by atoms with E-state index in [-0.39, 0.29) is 0 Å². The van der Waals surface area contributed by atoms with Gasteiger partial charge in [0, 0.05) is 7.11 Å². The van der Waals surface area contributed by atoms with Crippen LogP contribution in [0.1, 0.15) is 0 Å². The quantitative estimate of drug-likeness (QED) is 0.470. The Balaban J connectivity index is 4.10. The van der Waals surface area contributed by atoms with Crippen molar-refractivity contribution in [3.63, 3.8) is 0 Å². The van der Waals surface area contributed by atoms with Crippen LogP contribution in [0.3, 0.4) is 0 Å². The molecule has 0 aromatic rings. The highest BCUT2D eigenvalue weighted by Crippen LogP contribution is 2.47. The highest BCUT2D eigenvalue weighted by molar-refractivity contribution is 7.33. The van der Waals surface area contributed by atoms with Crippen LogP contribution in [0.15, 0.2) is 0 Å². The molecule has 10 heavy (non-hydrogen) atoms. The van der Waals surface area contributed by atoms with Gasteiger partial charge in [0.15, 0.2) is 0 Å². The van der Waals surface area contributed by atoms with Crippen LogP contribution in [0.2, 0.25) is 0 Å². The van der Waals surface area contributed by atoms with E-state index in [1.54, 1.807) is 0 Å². The first-order valence-electron chi connectivity index (χ1n) is 2.06. The SMILES string of the molecule is COPC(F)(F)C(F)(F)F. The molecule has 1 atom stereocenters. The van der Waals surface area contributed by atoms with E-state index in [2.05, 4.69) is 4.52 Å². The van der Waals surface area contributed by atoms with Crippen LogP contribution in [-0.4, -0.2) is 18.9 Å². The molecule has 0 bridgehead atoms. The minimum atomic E-state index is -5.50. The number of halogens is 5. The van der Waals surface area contributed by atoms with Gasteiger partial charge in [-0.3, -0.25) is 0 Å². The number of hydrogen-bond acceptors (Lipinski definition) is 1. The second-order valence-electron chi connectivity index (χ2n) is 1.38. The van der Waals surface area contributed by atoms with Crippen molar-refractivity contribution in [3.8, 4) is 0 Å². The summed E-state index contributed by atoms with van der Waals surface area (Å²) in [5.41, 5.74) is -4.71. The molecule has 7 heteroatoms. The van der Waals surface area contributed by atoms with E-state index in [1.807, 2.05) is 0 Å². The molecular formula is C3H4F5OP. The standard InChI is InChI=1S/C3H4F5OP/c1-9-10-3(7,8)2(4,5)6/h10H,1H3. The van der Waals surface area contributed by atoms with Gasteiger partial charge in [-0.05, 0) is 0 Å². The summed E-state index contributed by atoms with van der Waals surface area (Å²) in [5, 5.41) is 0. The lowest BCUT2D eigenvalue weighted by Gasteiger charge is -2.17. The lowest BCUT2D eigenvalue weighted by molar-refractivity contribution is -0.241. The van der Waals surface area contributed by atoms with E-state index >= 15 is 0 Å². The molecule has 0 aliphatic heterocycles. The monoisotopic (exact) mass is 182 g/mol. The van der Waals surface area contributed by atoms with Crippen molar-refractivity contribution in [1.29, 1.82) is 0 Å². The van der Waals surface area contributed by atoms with E-state index in [0.29, 0.717) is 0 Å². The second kappa shape index (κ2) is 2.96. The second-order valence-corrected chi connectivity index (χ2v) is 2.62. The molecule has 1 nitrogen and oxygen atoms in total. The van der Waals surface area contributed by atoms with Crippen LogP contribution in [0.5, 0.6) is 0 Å². The normalized spacial score (nSPS) is 15.0. The summed E-state index contributed by atoms with van der Waals surface area (Å²) in [7, 11) is -1.08. The third-order valence-electron chi connectivity index (χ3n) is 0.586. The first-order chi connectivity index (χ1) is 4.31. The minimum Gasteiger partial charge on any atom is -0.359 e. The van der Waals surface area contributed by atoms with Crippen molar-refractivity contribution in [3.05, 3.63) is 0 Å². The molecule has 0 rings (SSSR count). The smallest absolute Gasteiger partial charge is 0.359 e. The molecule has 0 saturated heterocycles. The molecule has 0 N–H and O–H groups in total. The largest absolute Gasteiger partial charge is 0.459 e. The average Bonchev–Trinajstić information content (AvgIpc) is 1.61. The molecule has 0 aliphatic carbocycles. The predicted octanol–water partition coefficient (Wildman–Crippen LogP) is 2.38. The fraction of sp³-hybridized carbons (Fsp3) is 1.00. The third kappa shape index (κ3) is 2.34. The van der Waals surface area contributed by atoms with E-state index < -0.39 is 20.6 Å². The molecule has 0 aromatic carbocycles. The Kier molecular flexibility index (Phi) is 2.98. The zero-order chi connectivity index (χ0) is 8.41. The Hall–Kier alpha value is 0.0400.